The maximum Gasteiger partial charge on any atom is 0.261 e. The molecule has 2 aliphatic heterocycles. The Morgan fingerprint density at radius 1 is 0.682 bits per heavy atom. The minimum atomic E-state index is -0.313. The van der Waals surface area contributed by atoms with Gasteiger partial charge in [-0.1, -0.05) is 66.2 Å². The second-order valence-corrected chi connectivity index (χ2v) is 13.4. The number of amides is 2. The number of carbonyl (C=O) groups excluding carboxylic acids is 2. The van der Waals surface area contributed by atoms with Gasteiger partial charge in [0.2, 0.25) is 0 Å². The van der Waals surface area contributed by atoms with Crippen molar-refractivity contribution < 1.29 is 9.59 Å². The molecule has 0 bridgehead atoms. The van der Waals surface area contributed by atoms with Crippen LogP contribution < -0.4 is 9.80 Å². The zero-order valence-electron chi connectivity index (χ0n) is 25.7. The van der Waals surface area contributed by atoms with Crippen LogP contribution in [0.3, 0.4) is 0 Å². The van der Waals surface area contributed by atoms with Crippen LogP contribution in [0.4, 0.5) is 11.4 Å². The van der Waals surface area contributed by atoms with Crippen molar-refractivity contribution in [1.29, 1.82) is 21.0 Å². The molecule has 226 valence electrons. The van der Waals surface area contributed by atoms with Crippen LogP contribution in [-0.4, -0.2) is 24.9 Å². The fraction of sp³-hybridized carbons (Fsp3) is 0.471. The van der Waals surface area contributed by atoms with Crippen molar-refractivity contribution in [2.24, 2.45) is 11.8 Å². The Hall–Kier alpha value is -4.22. The minimum Gasteiger partial charge on any atom is -0.306 e. The summed E-state index contributed by atoms with van der Waals surface area (Å²) in [5, 5.41) is 38.8. The van der Waals surface area contributed by atoms with Gasteiger partial charge in [0.05, 0.1) is 32.3 Å². The van der Waals surface area contributed by atoms with Crippen molar-refractivity contribution in [3.8, 4) is 34.0 Å². The summed E-state index contributed by atoms with van der Waals surface area (Å²) in [4.78, 5) is 33.5. The molecule has 0 saturated heterocycles. The van der Waals surface area contributed by atoms with Crippen LogP contribution in [0.15, 0.2) is 23.3 Å². The van der Waals surface area contributed by atoms with Crippen LogP contribution in [0.1, 0.15) is 88.8 Å². The van der Waals surface area contributed by atoms with Gasteiger partial charge in [-0.2, -0.15) is 21.0 Å². The number of nitrogens with zero attached hydrogens (tertiary/aromatic N) is 6. The Balaban J connectivity index is 1.82. The normalized spacial score (nSPS) is 14.9. The molecule has 0 radical (unpaired) electrons. The molecule has 8 nitrogen and oxygen atoms in total. The molecular weight excluding hydrogens is 589 g/mol. The summed E-state index contributed by atoms with van der Waals surface area (Å²) in [6.07, 6.45) is 8.03. The number of carbonyl (C=O) groups is 2. The van der Waals surface area contributed by atoms with Crippen LogP contribution in [-0.2, 0) is 9.59 Å². The summed E-state index contributed by atoms with van der Waals surface area (Å²) in [5.41, 5.74) is 1.28. The number of nitriles is 4. The van der Waals surface area contributed by atoms with Gasteiger partial charge >= 0.3 is 0 Å². The van der Waals surface area contributed by atoms with Crippen molar-refractivity contribution in [3.63, 3.8) is 0 Å². The average Bonchev–Trinajstić information content (AvgIpc) is 3.77. The first-order chi connectivity index (χ1) is 21.3. The fourth-order valence-electron chi connectivity index (χ4n) is 5.88. The van der Waals surface area contributed by atoms with E-state index >= 15 is 0 Å². The quantitative estimate of drug-likeness (QED) is 0.163. The number of allylic oxidation sites excluding steroid dienone is 2. The molecule has 4 rings (SSSR count). The van der Waals surface area contributed by atoms with Gasteiger partial charge < -0.3 is 9.80 Å². The second kappa shape index (κ2) is 14.5. The molecule has 10 heteroatoms. The van der Waals surface area contributed by atoms with E-state index < -0.39 is 0 Å². The van der Waals surface area contributed by atoms with Crippen LogP contribution in [0.2, 0.25) is 0 Å². The molecule has 0 aliphatic carbocycles. The summed E-state index contributed by atoms with van der Waals surface area (Å²) < 4.78 is 0. The molecule has 2 aromatic rings. The molecule has 0 aromatic carbocycles. The second-order valence-electron chi connectivity index (χ2n) is 11.3. The van der Waals surface area contributed by atoms with Gasteiger partial charge in [-0.15, -0.1) is 22.7 Å². The van der Waals surface area contributed by atoms with Gasteiger partial charge in [0, 0.05) is 22.8 Å². The van der Waals surface area contributed by atoms with Gasteiger partial charge in [0.25, 0.3) is 11.8 Å². The van der Waals surface area contributed by atoms with Crippen LogP contribution in [0.5, 0.6) is 0 Å². The third kappa shape index (κ3) is 6.07. The average molecular weight is 625 g/mol. The number of hydrogen-bond donors (Lipinski definition) is 0. The van der Waals surface area contributed by atoms with Crippen molar-refractivity contribution in [2.75, 3.05) is 22.9 Å². The van der Waals surface area contributed by atoms with E-state index in [1.807, 2.05) is 36.4 Å². The molecule has 4 heterocycles. The monoisotopic (exact) mass is 624 g/mol. The van der Waals surface area contributed by atoms with Gasteiger partial charge in [-0.25, -0.2) is 0 Å². The number of fused-ring (bicyclic) bond motifs is 2. The number of hydrogen-bond acceptors (Lipinski definition) is 8. The predicted octanol–water partition coefficient (Wildman–Crippen LogP) is 8.20. The maximum absolute atomic E-state index is 13.6. The third-order valence-electron chi connectivity index (χ3n) is 8.54. The highest BCUT2D eigenvalue weighted by atomic mass is 32.1. The van der Waals surface area contributed by atoms with Gasteiger partial charge in [-0.05, 0) is 36.8 Å². The van der Waals surface area contributed by atoms with Crippen molar-refractivity contribution in [2.45, 2.75) is 79.1 Å². The third-order valence-corrected chi connectivity index (χ3v) is 11.0. The lowest BCUT2D eigenvalue weighted by atomic mass is 9.98. The van der Waals surface area contributed by atoms with Crippen LogP contribution in [0.25, 0.3) is 20.9 Å². The van der Waals surface area contributed by atoms with E-state index in [9.17, 15) is 30.6 Å². The Labute approximate surface area is 267 Å². The zero-order valence-corrected chi connectivity index (χ0v) is 27.3. The highest BCUT2D eigenvalue weighted by molar-refractivity contribution is 7.24. The van der Waals surface area contributed by atoms with E-state index in [2.05, 4.69) is 27.7 Å². The Morgan fingerprint density at radius 2 is 1.05 bits per heavy atom. The highest BCUT2D eigenvalue weighted by Crippen LogP contribution is 2.53. The van der Waals surface area contributed by atoms with Crippen molar-refractivity contribution in [1.82, 2.24) is 0 Å². The highest BCUT2D eigenvalue weighted by Gasteiger charge is 2.41. The summed E-state index contributed by atoms with van der Waals surface area (Å²) >= 11 is 2.70. The zero-order chi connectivity index (χ0) is 32.0. The Kier molecular flexibility index (Phi) is 10.8. The van der Waals surface area contributed by atoms with Crippen molar-refractivity contribution in [3.05, 3.63) is 33.0 Å². The summed E-state index contributed by atoms with van der Waals surface area (Å²) in [6.45, 7) is 9.52. The van der Waals surface area contributed by atoms with Crippen LogP contribution >= 0.6 is 22.7 Å². The maximum atomic E-state index is 13.6. The molecule has 0 spiro atoms. The van der Waals surface area contributed by atoms with Gasteiger partial charge in [0.15, 0.2) is 0 Å². The van der Waals surface area contributed by atoms with Crippen LogP contribution in [0, 0.1) is 57.2 Å². The lowest BCUT2D eigenvalue weighted by Gasteiger charge is -2.23. The Bertz CT molecular complexity index is 1530. The number of unbranched alkanes of at least 4 members (excludes halogenated alkanes) is 2. The number of rotatable bonds is 13. The topological polar surface area (TPSA) is 136 Å². The predicted molar refractivity (Wildman–Crippen MR) is 175 cm³/mol. The number of thiophene rings is 2. The molecule has 44 heavy (non-hydrogen) atoms. The summed E-state index contributed by atoms with van der Waals surface area (Å²) in [5.74, 6) is -0.0530. The SMILES string of the molecule is CCCC[C@@H](CC)CN1C(=O)C(=C(C#N)C#N)c2sc(-c3cc4c(s3)C(=C(C#N)C#N)C(=O)N4C[C@@H](CC)CCCC)cc21. The van der Waals surface area contributed by atoms with Gasteiger partial charge in [-0.3, -0.25) is 9.59 Å². The summed E-state index contributed by atoms with van der Waals surface area (Å²) in [7, 11) is 0. The van der Waals surface area contributed by atoms with E-state index in [4.69, 9.17) is 0 Å². The first kappa shape index (κ1) is 32.7. The van der Waals surface area contributed by atoms with Gasteiger partial charge in [0.1, 0.15) is 35.4 Å². The molecule has 2 amide bonds. The van der Waals surface area contributed by atoms with E-state index in [-0.39, 0.29) is 45.9 Å². The molecule has 0 unspecified atom stereocenters. The fourth-order valence-corrected chi connectivity index (χ4v) is 8.36. The molecule has 0 saturated carbocycles. The smallest absolute Gasteiger partial charge is 0.261 e. The van der Waals surface area contributed by atoms with E-state index in [0.717, 1.165) is 61.1 Å². The minimum absolute atomic E-state index is 0.144. The largest absolute Gasteiger partial charge is 0.306 e. The summed E-state index contributed by atoms with van der Waals surface area (Å²) in [6, 6.07) is 11.5. The standard InChI is InChI=1S/C34H36N6O2S2/c1-5-9-11-21(7-3)19-39-25-13-27(43-31(25)29(33(39)41)23(15-35)16-36)28-14-26-32(44-28)30(24(17-37)18-38)34(42)40(26)20-22(8-4)12-10-6-2/h13-14,21-22H,5-12,19-20H2,1-4H3/t21-,22+. The first-order valence-electron chi connectivity index (χ1n) is 15.3. The molecule has 2 atom stereocenters. The molecule has 0 N–H and O–H groups in total. The lowest BCUT2D eigenvalue weighted by Crippen LogP contribution is -2.32. The van der Waals surface area contributed by atoms with E-state index in [1.54, 1.807) is 9.80 Å². The van der Waals surface area contributed by atoms with E-state index in [1.165, 1.54) is 22.7 Å². The van der Waals surface area contributed by atoms with Crippen molar-refractivity contribution >= 4 is 57.0 Å². The molecular formula is C34H36N6O2S2. The Morgan fingerprint density at radius 3 is 1.34 bits per heavy atom. The first-order valence-corrected chi connectivity index (χ1v) is 17.0. The van der Waals surface area contributed by atoms with E-state index in [0.29, 0.717) is 34.2 Å². The molecule has 0 fully saturated rings. The molecule has 2 aliphatic rings. The number of anilines is 2. The lowest BCUT2D eigenvalue weighted by molar-refractivity contribution is -0.113. The molecule has 2 aromatic heterocycles.